The van der Waals surface area contributed by atoms with Crippen LogP contribution in [0.3, 0.4) is 0 Å². The van der Waals surface area contributed by atoms with Gasteiger partial charge < -0.3 is 5.11 Å². The van der Waals surface area contributed by atoms with Gasteiger partial charge in [-0.15, -0.1) is 0 Å². The van der Waals surface area contributed by atoms with Crippen molar-refractivity contribution < 1.29 is 13.9 Å². The summed E-state index contributed by atoms with van der Waals surface area (Å²) in [5, 5.41) is 8.69. The number of benzene rings is 1. The van der Waals surface area contributed by atoms with Gasteiger partial charge in [0.15, 0.2) is 0 Å². The summed E-state index contributed by atoms with van der Waals surface area (Å²) < 4.78 is 25.6. The predicted molar refractivity (Wildman–Crippen MR) is 42.0 cm³/mol. The van der Waals surface area contributed by atoms with Crippen LogP contribution in [-0.2, 0) is 0 Å². The van der Waals surface area contributed by atoms with Gasteiger partial charge in [-0.25, -0.2) is 8.78 Å². The van der Waals surface area contributed by atoms with Crippen LogP contribution < -0.4 is 0 Å². The van der Waals surface area contributed by atoms with Crippen LogP contribution in [0.1, 0.15) is 18.6 Å². The Kier molecular flexibility index (Phi) is 2.65. The molecule has 1 nitrogen and oxygen atoms in total. The molecule has 0 aliphatic rings. The van der Waals surface area contributed by atoms with Gasteiger partial charge in [0.2, 0.25) is 0 Å². The molecule has 0 radical (unpaired) electrons. The molecule has 0 saturated carbocycles. The fraction of sp³-hybridized carbons (Fsp3) is 0.250. The molecule has 0 aliphatic heterocycles. The fourth-order valence-corrected chi connectivity index (χ4v) is 1.01. The molecule has 0 bridgehead atoms. The maximum absolute atomic E-state index is 12.9. The Hall–Kier alpha value is -0.670. The smallest absolute Gasteiger partial charge is 0.142 e. The van der Waals surface area contributed by atoms with Crippen molar-refractivity contribution in [2.45, 2.75) is 13.0 Å². The lowest BCUT2D eigenvalue weighted by molar-refractivity contribution is 0.193. The summed E-state index contributed by atoms with van der Waals surface area (Å²) in [6, 6.07) is 1.74. The molecule has 1 aromatic carbocycles. The van der Waals surface area contributed by atoms with Crippen LogP contribution in [0.4, 0.5) is 8.78 Å². The highest BCUT2D eigenvalue weighted by atomic mass is 35.5. The Balaban J connectivity index is 3.23. The van der Waals surface area contributed by atoms with E-state index in [9.17, 15) is 8.78 Å². The largest absolute Gasteiger partial charge is 0.389 e. The summed E-state index contributed by atoms with van der Waals surface area (Å²) in [6.45, 7) is 1.35. The zero-order valence-corrected chi connectivity index (χ0v) is 7.07. The summed E-state index contributed by atoms with van der Waals surface area (Å²) in [7, 11) is 0. The minimum Gasteiger partial charge on any atom is -0.389 e. The Morgan fingerprint density at radius 1 is 1.33 bits per heavy atom. The van der Waals surface area contributed by atoms with Crippen molar-refractivity contribution in [2.24, 2.45) is 0 Å². The van der Waals surface area contributed by atoms with E-state index >= 15 is 0 Å². The number of aliphatic hydroxyl groups excluding tert-OH is 1. The maximum atomic E-state index is 12.9. The van der Waals surface area contributed by atoms with E-state index in [-0.39, 0.29) is 10.6 Å². The molecule has 0 heterocycles. The SMILES string of the molecule is CC(O)c1cc(F)c(Cl)cc1F. The van der Waals surface area contributed by atoms with E-state index in [1.807, 2.05) is 0 Å². The van der Waals surface area contributed by atoms with E-state index in [1.165, 1.54) is 6.92 Å². The Morgan fingerprint density at radius 2 is 1.92 bits per heavy atom. The molecule has 0 amide bonds. The Bertz CT molecular complexity index is 299. The molecule has 0 fully saturated rings. The molecule has 0 aromatic heterocycles. The second-order valence-electron chi connectivity index (χ2n) is 2.46. The zero-order chi connectivity index (χ0) is 9.30. The topological polar surface area (TPSA) is 20.2 Å². The van der Waals surface area contributed by atoms with Gasteiger partial charge in [-0.1, -0.05) is 11.6 Å². The average Bonchev–Trinajstić information content (AvgIpc) is 1.96. The van der Waals surface area contributed by atoms with Crippen molar-refractivity contribution in [1.29, 1.82) is 0 Å². The van der Waals surface area contributed by atoms with Crippen molar-refractivity contribution in [3.8, 4) is 0 Å². The number of hydrogen-bond donors (Lipinski definition) is 1. The predicted octanol–water partition coefficient (Wildman–Crippen LogP) is 2.67. The van der Waals surface area contributed by atoms with Crippen LogP contribution in [0.2, 0.25) is 5.02 Å². The first-order chi connectivity index (χ1) is 5.52. The van der Waals surface area contributed by atoms with E-state index in [4.69, 9.17) is 16.7 Å². The standard InChI is InChI=1S/C8H7ClF2O/c1-4(12)5-2-8(11)6(9)3-7(5)10/h2-4,12H,1H3. The minimum atomic E-state index is -1.03. The summed E-state index contributed by atoms with van der Waals surface area (Å²) in [4.78, 5) is 0. The third-order valence-corrected chi connectivity index (χ3v) is 1.78. The molecule has 1 N–H and O–H groups in total. The normalized spacial score (nSPS) is 13.1. The zero-order valence-electron chi connectivity index (χ0n) is 6.31. The van der Waals surface area contributed by atoms with E-state index in [1.54, 1.807) is 0 Å². The molecule has 66 valence electrons. The van der Waals surface area contributed by atoms with Gasteiger partial charge in [0.25, 0.3) is 0 Å². The first kappa shape index (κ1) is 9.42. The summed E-state index contributed by atoms with van der Waals surface area (Å²) in [5.74, 6) is -1.43. The molecule has 0 spiro atoms. The number of aliphatic hydroxyl groups is 1. The summed E-state index contributed by atoms with van der Waals surface area (Å²) >= 11 is 5.29. The van der Waals surface area contributed by atoms with Gasteiger partial charge in [0.05, 0.1) is 11.1 Å². The van der Waals surface area contributed by atoms with Crippen LogP contribution in [-0.4, -0.2) is 5.11 Å². The second-order valence-corrected chi connectivity index (χ2v) is 2.87. The molecule has 1 atom stereocenters. The van der Waals surface area contributed by atoms with Gasteiger partial charge >= 0.3 is 0 Å². The van der Waals surface area contributed by atoms with Crippen LogP contribution >= 0.6 is 11.6 Å². The molecule has 1 rings (SSSR count). The van der Waals surface area contributed by atoms with Gasteiger partial charge in [-0.05, 0) is 19.1 Å². The lowest BCUT2D eigenvalue weighted by Gasteiger charge is -2.06. The van der Waals surface area contributed by atoms with E-state index in [2.05, 4.69) is 0 Å². The van der Waals surface area contributed by atoms with Gasteiger partial charge in [-0.2, -0.15) is 0 Å². The van der Waals surface area contributed by atoms with Crippen LogP contribution in [0.25, 0.3) is 0 Å². The molecule has 4 heteroatoms. The first-order valence-electron chi connectivity index (χ1n) is 3.35. The van der Waals surface area contributed by atoms with E-state index in [0.717, 1.165) is 12.1 Å². The van der Waals surface area contributed by atoms with Crippen molar-refractivity contribution in [1.82, 2.24) is 0 Å². The molecule has 0 saturated heterocycles. The number of halogens is 3. The Labute approximate surface area is 73.6 Å². The van der Waals surface area contributed by atoms with Crippen LogP contribution in [0, 0.1) is 11.6 Å². The highest BCUT2D eigenvalue weighted by Gasteiger charge is 2.11. The number of hydrogen-bond acceptors (Lipinski definition) is 1. The van der Waals surface area contributed by atoms with Crippen LogP contribution in [0.5, 0.6) is 0 Å². The minimum absolute atomic E-state index is 0.0862. The molecule has 1 unspecified atom stereocenters. The van der Waals surface area contributed by atoms with Crippen LogP contribution in [0.15, 0.2) is 12.1 Å². The second kappa shape index (κ2) is 3.37. The number of rotatable bonds is 1. The van der Waals surface area contributed by atoms with E-state index in [0.29, 0.717) is 0 Å². The molecule has 1 aromatic rings. The highest BCUT2D eigenvalue weighted by molar-refractivity contribution is 6.30. The van der Waals surface area contributed by atoms with Gasteiger partial charge in [-0.3, -0.25) is 0 Å². The highest BCUT2D eigenvalue weighted by Crippen LogP contribution is 2.23. The van der Waals surface area contributed by atoms with Crippen molar-refractivity contribution in [2.75, 3.05) is 0 Å². The monoisotopic (exact) mass is 192 g/mol. The van der Waals surface area contributed by atoms with E-state index < -0.39 is 17.7 Å². The molecular weight excluding hydrogens is 186 g/mol. The molecule has 12 heavy (non-hydrogen) atoms. The van der Waals surface area contributed by atoms with Crippen molar-refractivity contribution in [3.05, 3.63) is 34.4 Å². The maximum Gasteiger partial charge on any atom is 0.142 e. The molecule has 0 aliphatic carbocycles. The quantitative estimate of drug-likeness (QED) is 0.679. The van der Waals surface area contributed by atoms with Gasteiger partial charge in [0, 0.05) is 5.56 Å². The third kappa shape index (κ3) is 1.73. The molecular formula is C8H7ClF2O. The van der Waals surface area contributed by atoms with Crippen molar-refractivity contribution in [3.63, 3.8) is 0 Å². The summed E-state index contributed by atoms with van der Waals surface area (Å²) in [5.41, 5.74) is -0.0862. The summed E-state index contributed by atoms with van der Waals surface area (Å²) in [6.07, 6.45) is -1.03. The fourth-order valence-electron chi connectivity index (χ4n) is 0.858. The Morgan fingerprint density at radius 3 is 2.42 bits per heavy atom. The average molecular weight is 193 g/mol. The third-order valence-electron chi connectivity index (χ3n) is 1.49. The van der Waals surface area contributed by atoms with Crippen molar-refractivity contribution >= 4 is 11.6 Å². The lowest BCUT2D eigenvalue weighted by Crippen LogP contribution is -1.97. The van der Waals surface area contributed by atoms with Gasteiger partial charge in [0.1, 0.15) is 11.6 Å². The first-order valence-corrected chi connectivity index (χ1v) is 3.72. The lowest BCUT2D eigenvalue weighted by atomic mass is 10.1.